The molecule has 0 N–H and O–H groups in total. The molecule has 0 aromatic rings. The molecule has 0 amide bonds. The van der Waals surface area contributed by atoms with E-state index in [1.54, 1.807) is 6.26 Å². The zero-order valence-corrected chi connectivity index (χ0v) is 11.0. The fourth-order valence-electron chi connectivity index (χ4n) is 1.91. The van der Waals surface area contributed by atoms with Crippen molar-refractivity contribution >= 4 is 11.6 Å². The Morgan fingerprint density at radius 2 is 1.88 bits per heavy atom. The minimum atomic E-state index is -1.11. The highest BCUT2D eigenvalue weighted by atomic mass is 35.5. The number of allylic oxidation sites excluding steroid dienone is 1. The monoisotopic (exact) mass is 248 g/mol. The molecule has 3 nitrogen and oxygen atoms in total. The second-order valence-electron chi connectivity index (χ2n) is 3.77. The molecule has 0 radical (unpaired) electrons. The van der Waals surface area contributed by atoms with Crippen LogP contribution in [-0.2, 0) is 14.2 Å². The maximum absolute atomic E-state index is 6.42. The molecule has 2 atom stereocenters. The third kappa shape index (κ3) is 2.90. The van der Waals surface area contributed by atoms with E-state index in [1.165, 1.54) is 0 Å². The van der Waals surface area contributed by atoms with Crippen LogP contribution >= 0.6 is 11.6 Å². The van der Waals surface area contributed by atoms with E-state index in [2.05, 4.69) is 6.92 Å². The maximum Gasteiger partial charge on any atom is 0.344 e. The van der Waals surface area contributed by atoms with Crippen LogP contribution in [0.3, 0.4) is 0 Å². The van der Waals surface area contributed by atoms with Gasteiger partial charge in [-0.25, -0.2) is 0 Å². The van der Waals surface area contributed by atoms with Crippen LogP contribution in [-0.4, -0.2) is 24.6 Å². The van der Waals surface area contributed by atoms with Gasteiger partial charge >= 0.3 is 5.97 Å². The first-order valence-electron chi connectivity index (χ1n) is 5.96. The molecule has 1 rings (SSSR count). The largest absolute Gasteiger partial charge is 0.446 e. The first-order valence-corrected chi connectivity index (χ1v) is 6.40. The summed E-state index contributed by atoms with van der Waals surface area (Å²) >= 11 is 6.42. The second kappa shape index (κ2) is 6.48. The number of hydrogen-bond donors (Lipinski definition) is 0. The van der Waals surface area contributed by atoms with Gasteiger partial charge in [-0.2, -0.15) is 0 Å². The van der Waals surface area contributed by atoms with Gasteiger partial charge in [0.15, 0.2) is 0 Å². The molecule has 16 heavy (non-hydrogen) atoms. The topological polar surface area (TPSA) is 27.7 Å². The Hall–Kier alpha value is -0.250. The molecule has 1 aliphatic rings. The molecule has 94 valence electrons. The van der Waals surface area contributed by atoms with Crippen LogP contribution in [0.1, 0.15) is 33.6 Å². The average molecular weight is 249 g/mol. The van der Waals surface area contributed by atoms with E-state index in [4.69, 9.17) is 25.8 Å². The molecule has 0 aliphatic carbocycles. The molecular weight excluding hydrogens is 228 g/mol. The molecule has 0 bridgehead atoms. The van der Waals surface area contributed by atoms with Crippen molar-refractivity contribution in [1.29, 1.82) is 0 Å². The minimum absolute atomic E-state index is 0.235. The zero-order chi connectivity index (χ0) is 12.0. The number of rotatable bonds is 6. The van der Waals surface area contributed by atoms with E-state index < -0.39 is 5.97 Å². The molecule has 1 heterocycles. The van der Waals surface area contributed by atoms with Gasteiger partial charge in [0, 0.05) is 5.92 Å². The van der Waals surface area contributed by atoms with E-state index >= 15 is 0 Å². The summed E-state index contributed by atoms with van der Waals surface area (Å²) in [5.41, 5.74) is 0. The minimum Gasteiger partial charge on any atom is -0.446 e. The smallest absolute Gasteiger partial charge is 0.344 e. The Balaban J connectivity index is 2.79. The van der Waals surface area contributed by atoms with Crippen molar-refractivity contribution in [2.75, 3.05) is 13.2 Å². The lowest BCUT2D eigenvalue weighted by molar-refractivity contribution is -0.366. The third-order valence-electron chi connectivity index (χ3n) is 2.58. The van der Waals surface area contributed by atoms with Gasteiger partial charge < -0.3 is 14.2 Å². The van der Waals surface area contributed by atoms with Gasteiger partial charge in [-0.05, 0) is 26.3 Å². The lowest BCUT2D eigenvalue weighted by Gasteiger charge is -2.40. The highest BCUT2D eigenvalue weighted by molar-refractivity contribution is 6.21. The van der Waals surface area contributed by atoms with Crippen LogP contribution in [0.2, 0.25) is 0 Å². The van der Waals surface area contributed by atoms with Gasteiger partial charge in [-0.3, -0.25) is 0 Å². The SMILES string of the molecule is CCCC1C=COC(OCC)(OCC)C1Cl. The maximum atomic E-state index is 6.42. The van der Waals surface area contributed by atoms with E-state index in [0.29, 0.717) is 13.2 Å². The fraction of sp³-hybridized carbons (Fsp3) is 0.833. The number of alkyl halides is 1. The van der Waals surface area contributed by atoms with Crippen molar-refractivity contribution in [1.82, 2.24) is 0 Å². The molecular formula is C12H21ClO3. The van der Waals surface area contributed by atoms with Crippen molar-refractivity contribution in [3.05, 3.63) is 12.3 Å². The predicted molar refractivity (Wildman–Crippen MR) is 64.2 cm³/mol. The highest BCUT2D eigenvalue weighted by Crippen LogP contribution is 2.36. The molecule has 1 aliphatic heterocycles. The summed E-state index contributed by atoms with van der Waals surface area (Å²) in [6.07, 6.45) is 5.71. The van der Waals surface area contributed by atoms with E-state index in [9.17, 15) is 0 Å². The summed E-state index contributed by atoms with van der Waals surface area (Å²) < 4.78 is 16.6. The Labute approximate surface area is 103 Å². The van der Waals surface area contributed by atoms with Gasteiger partial charge in [-0.15, -0.1) is 11.6 Å². The molecule has 0 fully saturated rings. The molecule has 0 saturated heterocycles. The van der Waals surface area contributed by atoms with Gasteiger partial charge in [0.05, 0.1) is 19.5 Å². The Morgan fingerprint density at radius 1 is 1.25 bits per heavy atom. The predicted octanol–water partition coefficient (Wildman–Crippen LogP) is 3.28. The van der Waals surface area contributed by atoms with Crippen LogP contribution in [0.5, 0.6) is 0 Å². The van der Waals surface area contributed by atoms with E-state index in [-0.39, 0.29) is 11.3 Å². The number of halogens is 1. The lowest BCUT2D eigenvalue weighted by Crippen LogP contribution is -2.51. The third-order valence-corrected chi connectivity index (χ3v) is 3.18. The summed E-state index contributed by atoms with van der Waals surface area (Å²) in [5, 5.41) is -0.308. The van der Waals surface area contributed by atoms with Crippen LogP contribution in [0, 0.1) is 5.92 Å². The van der Waals surface area contributed by atoms with Crippen molar-refractivity contribution < 1.29 is 14.2 Å². The molecule has 0 aromatic carbocycles. The first-order chi connectivity index (χ1) is 7.70. The van der Waals surface area contributed by atoms with Crippen molar-refractivity contribution in [2.45, 2.75) is 45.0 Å². The van der Waals surface area contributed by atoms with Crippen LogP contribution in [0.4, 0.5) is 0 Å². The summed E-state index contributed by atoms with van der Waals surface area (Å²) in [6.45, 7) is 6.96. The normalized spacial score (nSPS) is 27.8. The van der Waals surface area contributed by atoms with E-state index in [1.807, 2.05) is 19.9 Å². The standard InChI is InChI=1S/C12H21ClO3/c1-4-7-10-8-9-16-12(11(10)13,14-5-2)15-6-3/h8-11H,4-7H2,1-3H3. The number of hydrogen-bond acceptors (Lipinski definition) is 3. The Morgan fingerprint density at radius 3 is 2.38 bits per heavy atom. The van der Waals surface area contributed by atoms with Gasteiger partial charge in [0.1, 0.15) is 5.38 Å². The molecule has 0 spiro atoms. The summed E-state index contributed by atoms with van der Waals surface area (Å²) in [6, 6.07) is 0. The zero-order valence-electron chi connectivity index (χ0n) is 10.2. The van der Waals surface area contributed by atoms with Crippen molar-refractivity contribution in [3.63, 3.8) is 0 Å². The molecule has 0 aromatic heterocycles. The summed E-state index contributed by atoms with van der Waals surface area (Å²) in [7, 11) is 0. The average Bonchev–Trinajstić information content (AvgIpc) is 2.26. The number of ether oxygens (including phenoxy) is 3. The second-order valence-corrected chi connectivity index (χ2v) is 4.24. The fourth-order valence-corrected chi connectivity index (χ4v) is 2.29. The van der Waals surface area contributed by atoms with Crippen molar-refractivity contribution in [2.24, 2.45) is 5.92 Å². The first kappa shape index (κ1) is 13.8. The van der Waals surface area contributed by atoms with Crippen LogP contribution in [0.15, 0.2) is 12.3 Å². The quantitative estimate of drug-likeness (QED) is 0.533. The molecule has 2 unspecified atom stereocenters. The molecule has 0 saturated carbocycles. The van der Waals surface area contributed by atoms with Gasteiger partial charge in [0.2, 0.25) is 0 Å². The van der Waals surface area contributed by atoms with E-state index in [0.717, 1.165) is 12.8 Å². The molecule has 4 heteroatoms. The van der Waals surface area contributed by atoms with Gasteiger partial charge in [0.25, 0.3) is 0 Å². The van der Waals surface area contributed by atoms with Crippen molar-refractivity contribution in [3.8, 4) is 0 Å². The Bertz CT molecular complexity index is 224. The van der Waals surface area contributed by atoms with Gasteiger partial charge in [-0.1, -0.05) is 13.3 Å². The highest BCUT2D eigenvalue weighted by Gasteiger charge is 2.47. The Kier molecular flexibility index (Phi) is 5.59. The van der Waals surface area contributed by atoms with Crippen LogP contribution < -0.4 is 0 Å². The summed E-state index contributed by atoms with van der Waals surface area (Å²) in [5.74, 6) is -0.877. The lowest BCUT2D eigenvalue weighted by atomic mass is 9.96. The van der Waals surface area contributed by atoms with Crippen LogP contribution in [0.25, 0.3) is 0 Å². The summed E-state index contributed by atoms with van der Waals surface area (Å²) in [4.78, 5) is 0.